The Balaban J connectivity index is 1.48. The number of carbonyl (C=O) groups is 1. The molecule has 0 aromatic rings. The summed E-state index contributed by atoms with van der Waals surface area (Å²) in [7, 11) is 2.20. The maximum absolute atomic E-state index is 12.6. The number of rotatable bonds is 5. The zero-order valence-corrected chi connectivity index (χ0v) is 16.7. The molecule has 3 fully saturated rings. The molecule has 2 N–H and O–H groups in total. The van der Waals surface area contributed by atoms with Crippen LogP contribution in [0.3, 0.4) is 0 Å². The Bertz CT molecular complexity index is 489. The number of amides is 1. The van der Waals surface area contributed by atoms with Gasteiger partial charge >= 0.3 is 0 Å². The van der Waals surface area contributed by atoms with E-state index in [1.807, 2.05) is 0 Å². The molecule has 0 spiro atoms. The van der Waals surface area contributed by atoms with E-state index in [0.717, 1.165) is 57.9 Å². The SMILES string of the molecule is CCNC(=NCC1CCCN(C)C1)NC1CCN(C(=O)C2CCCC2)C1. The molecule has 3 aliphatic rings. The van der Waals surface area contributed by atoms with Crippen LogP contribution in [0.2, 0.25) is 0 Å². The average Bonchev–Trinajstić information content (AvgIpc) is 3.31. The largest absolute Gasteiger partial charge is 0.357 e. The molecule has 0 aromatic heterocycles. The first-order valence-corrected chi connectivity index (χ1v) is 10.7. The summed E-state index contributed by atoms with van der Waals surface area (Å²) >= 11 is 0. The standard InChI is InChI=1S/C20H37N5O/c1-3-21-20(22-13-16-7-6-11-24(2)14-16)23-18-10-12-25(15-18)19(26)17-8-4-5-9-17/h16-18H,3-15H2,1-2H3,(H2,21,22,23). The van der Waals surface area contributed by atoms with Gasteiger partial charge in [0, 0.05) is 44.7 Å². The van der Waals surface area contributed by atoms with Crippen LogP contribution in [-0.4, -0.2) is 74.0 Å². The van der Waals surface area contributed by atoms with Crippen molar-refractivity contribution in [3.8, 4) is 0 Å². The van der Waals surface area contributed by atoms with Crippen LogP contribution in [0.5, 0.6) is 0 Å². The van der Waals surface area contributed by atoms with E-state index in [-0.39, 0.29) is 0 Å². The van der Waals surface area contributed by atoms with Crippen molar-refractivity contribution in [3.05, 3.63) is 0 Å². The predicted molar refractivity (Wildman–Crippen MR) is 106 cm³/mol. The summed E-state index contributed by atoms with van der Waals surface area (Å²) in [5.41, 5.74) is 0. The number of hydrogen-bond donors (Lipinski definition) is 2. The molecule has 2 heterocycles. The van der Waals surface area contributed by atoms with Gasteiger partial charge in [-0.3, -0.25) is 9.79 Å². The Morgan fingerprint density at radius 2 is 1.88 bits per heavy atom. The molecule has 2 atom stereocenters. The summed E-state index contributed by atoms with van der Waals surface area (Å²) in [4.78, 5) is 21.9. The normalized spacial score (nSPS) is 28.5. The summed E-state index contributed by atoms with van der Waals surface area (Å²) < 4.78 is 0. The van der Waals surface area contributed by atoms with Gasteiger partial charge < -0.3 is 20.4 Å². The molecular formula is C20H37N5O. The Labute approximate surface area is 158 Å². The summed E-state index contributed by atoms with van der Waals surface area (Å²) in [6.45, 7) is 7.94. The molecule has 1 amide bonds. The third kappa shape index (κ3) is 5.35. The van der Waals surface area contributed by atoms with E-state index in [1.54, 1.807) is 0 Å². The molecular weight excluding hydrogens is 326 g/mol. The second kappa shape index (κ2) is 9.58. The van der Waals surface area contributed by atoms with E-state index >= 15 is 0 Å². The lowest BCUT2D eigenvalue weighted by Gasteiger charge is -2.29. The minimum absolute atomic E-state index is 0.291. The maximum atomic E-state index is 12.6. The van der Waals surface area contributed by atoms with Crippen LogP contribution in [0.15, 0.2) is 4.99 Å². The second-order valence-corrected chi connectivity index (χ2v) is 8.39. The van der Waals surface area contributed by atoms with Crippen LogP contribution in [0.1, 0.15) is 51.9 Å². The van der Waals surface area contributed by atoms with Crippen molar-refractivity contribution in [3.63, 3.8) is 0 Å². The minimum Gasteiger partial charge on any atom is -0.357 e. The number of carbonyl (C=O) groups excluding carboxylic acids is 1. The molecule has 0 aromatic carbocycles. The van der Waals surface area contributed by atoms with E-state index in [2.05, 4.69) is 34.4 Å². The highest BCUT2D eigenvalue weighted by Gasteiger charge is 2.32. The Morgan fingerprint density at radius 1 is 1.08 bits per heavy atom. The van der Waals surface area contributed by atoms with Gasteiger partial charge in [-0.05, 0) is 58.5 Å². The van der Waals surface area contributed by atoms with Crippen molar-refractivity contribution in [2.45, 2.75) is 57.9 Å². The molecule has 1 aliphatic carbocycles. The molecule has 2 unspecified atom stereocenters. The monoisotopic (exact) mass is 363 g/mol. The number of nitrogens with one attached hydrogen (secondary N) is 2. The van der Waals surface area contributed by atoms with E-state index < -0.39 is 0 Å². The predicted octanol–water partition coefficient (Wildman–Crippen LogP) is 1.67. The van der Waals surface area contributed by atoms with Gasteiger partial charge in [-0.15, -0.1) is 0 Å². The molecule has 6 nitrogen and oxygen atoms in total. The maximum Gasteiger partial charge on any atom is 0.225 e. The number of nitrogens with zero attached hydrogens (tertiary/aromatic N) is 3. The highest BCUT2D eigenvalue weighted by Crippen LogP contribution is 2.27. The van der Waals surface area contributed by atoms with Gasteiger partial charge in [-0.1, -0.05) is 12.8 Å². The fraction of sp³-hybridized carbons (Fsp3) is 0.900. The molecule has 148 valence electrons. The van der Waals surface area contributed by atoms with E-state index in [4.69, 9.17) is 4.99 Å². The number of aliphatic imine (C=N–C) groups is 1. The average molecular weight is 364 g/mol. The molecule has 26 heavy (non-hydrogen) atoms. The lowest BCUT2D eigenvalue weighted by Crippen LogP contribution is -2.46. The second-order valence-electron chi connectivity index (χ2n) is 8.39. The van der Waals surface area contributed by atoms with Crippen molar-refractivity contribution < 1.29 is 4.79 Å². The molecule has 2 aliphatic heterocycles. The first kappa shape index (κ1) is 19.5. The van der Waals surface area contributed by atoms with Gasteiger partial charge in [0.25, 0.3) is 0 Å². The van der Waals surface area contributed by atoms with E-state index in [9.17, 15) is 4.79 Å². The van der Waals surface area contributed by atoms with Crippen molar-refractivity contribution in [2.24, 2.45) is 16.8 Å². The smallest absolute Gasteiger partial charge is 0.225 e. The summed E-state index contributed by atoms with van der Waals surface area (Å²) in [6.07, 6.45) is 8.20. The number of likely N-dealkylation sites (tertiary alicyclic amines) is 2. The first-order valence-electron chi connectivity index (χ1n) is 10.7. The first-order chi connectivity index (χ1) is 12.7. The fourth-order valence-corrected chi connectivity index (χ4v) is 4.67. The Morgan fingerprint density at radius 3 is 2.62 bits per heavy atom. The number of guanidine groups is 1. The van der Waals surface area contributed by atoms with Crippen LogP contribution < -0.4 is 10.6 Å². The molecule has 1 saturated carbocycles. The van der Waals surface area contributed by atoms with Gasteiger partial charge in [-0.2, -0.15) is 0 Å². The van der Waals surface area contributed by atoms with Crippen LogP contribution in [0.4, 0.5) is 0 Å². The lowest BCUT2D eigenvalue weighted by atomic mass is 9.99. The zero-order valence-electron chi connectivity index (χ0n) is 16.7. The molecule has 2 saturated heterocycles. The van der Waals surface area contributed by atoms with Gasteiger partial charge in [0.1, 0.15) is 0 Å². The van der Waals surface area contributed by atoms with Crippen molar-refractivity contribution >= 4 is 11.9 Å². The van der Waals surface area contributed by atoms with Gasteiger partial charge in [0.2, 0.25) is 5.91 Å². The van der Waals surface area contributed by atoms with Gasteiger partial charge in [-0.25, -0.2) is 0 Å². The van der Waals surface area contributed by atoms with E-state index in [0.29, 0.717) is 23.8 Å². The summed E-state index contributed by atoms with van der Waals surface area (Å²) in [5.74, 6) is 2.26. The quantitative estimate of drug-likeness (QED) is 0.576. The highest BCUT2D eigenvalue weighted by molar-refractivity contribution is 5.81. The van der Waals surface area contributed by atoms with Crippen LogP contribution in [0, 0.1) is 11.8 Å². The Hall–Kier alpha value is -1.30. The van der Waals surface area contributed by atoms with Crippen molar-refractivity contribution in [1.29, 1.82) is 0 Å². The lowest BCUT2D eigenvalue weighted by molar-refractivity contribution is -0.134. The van der Waals surface area contributed by atoms with Crippen molar-refractivity contribution in [2.75, 3.05) is 46.3 Å². The van der Waals surface area contributed by atoms with Crippen LogP contribution in [-0.2, 0) is 4.79 Å². The molecule has 0 radical (unpaired) electrons. The summed E-state index contributed by atoms with van der Waals surface area (Å²) in [5, 5.41) is 6.96. The zero-order chi connectivity index (χ0) is 18.4. The van der Waals surface area contributed by atoms with Gasteiger partial charge in [0.05, 0.1) is 0 Å². The minimum atomic E-state index is 0.291. The topological polar surface area (TPSA) is 60.0 Å². The van der Waals surface area contributed by atoms with E-state index in [1.165, 1.54) is 32.2 Å². The van der Waals surface area contributed by atoms with Crippen LogP contribution in [0.25, 0.3) is 0 Å². The van der Waals surface area contributed by atoms with Gasteiger partial charge in [0.15, 0.2) is 5.96 Å². The Kier molecular flexibility index (Phi) is 7.17. The summed E-state index contributed by atoms with van der Waals surface area (Å²) in [6, 6.07) is 0.326. The number of piperidine rings is 1. The third-order valence-corrected chi connectivity index (χ3v) is 6.12. The molecule has 0 bridgehead atoms. The highest BCUT2D eigenvalue weighted by atomic mass is 16.2. The molecule has 3 rings (SSSR count). The van der Waals surface area contributed by atoms with Crippen LogP contribution >= 0.6 is 0 Å². The molecule has 6 heteroatoms. The third-order valence-electron chi connectivity index (χ3n) is 6.12. The van der Waals surface area contributed by atoms with Crippen molar-refractivity contribution in [1.82, 2.24) is 20.4 Å². The number of hydrogen-bond acceptors (Lipinski definition) is 3. The fourth-order valence-electron chi connectivity index (χ4n) is 4.67.